The predicted octanol–water partition coefficient (Wildman–Crippen LogP) is 4.24. The lowest BCUT2D eigenvalue weighted by molar-refractivity contribution is -0.140. The summed E-state index contributed by atoms with van der Waals surface area (Å²) >= 11 is 5.12. The maximum absolute atomic E-state index is 12.3. The number of carbonyl (C=O) groups excluding carboxylic acids is 1. The molecule has 2 rings (SSSR count). The van der Waals surface area contributed by atoms with Crippen LogP contribution in [0.25, 0.3) is 0 Å². The molecule has 0 aliphatic heterocycles. The van der Waals surface area contributed by atoms with Crippen LogP contribution in [0.1, 0.15) is 15.4 Å². The highest BCUT2D eigenvalue weighted by Gasteiger charge is 2.33. The second-order valence-corrected chi connectivity index (χ2v) is 6.41. The normalized spacial score (nSPS) is 11.6. The molecule has 0 aliphatic carbocycles. The number of thiophene rings is 1. The Hall–Kier alpha value is -0.930. The molecule has 0 bridgehead atoms. The summed E-state index contributed by atoms with van der Waals surface area (Å²) in [6.07, 6.45) is -4.49. The Bertz CT molecular complexity index is 578. The van der Waals surface area contributed by atoms with Crippen LogP contribution in [0, 0.1) is 0 Å². The van der Waals surface area contributed by atoms with Gasteiger partial charge in [0, 0.05) is 5.38 Å². The van der Waals surface area contributed by atoms with Crippen molar-refractivity contribution in [3.05, 3.63) is 31.9 Å². The zero-order valence-electron chi connectivity index (χ0n) is 8.42. The third-order valence-corrected chi connectivity index (χ3v) is 4.19. The van der Waals surface area contributed by atoms with Gasteiger partial charge in [0.2, 0.25) is 0 Å². The minimum Gasteiger partial charge on any atom is -0.297 e. The number of rotatable bonds is 2. The van der Waals surface area contributed by atoms with Crippen LogP contribution < -0.4 is 5.32 Å². The summed E-state index contributed by atoms with van der Waals surface area (Å²) in [6.45, 7) is 0. The minimum absolute atomic E-state index is 0.0724. The number of hydrogen-bond acceptors (Lipinski definition) is 4. The standard InChI is InChI=1S/C9H4BrF3N2OS2/c10-6-2-1-4(18-6)7(16)15-8-14-5(3-17-8)9(11,12)13/h1-3H,(H,14,15,16). The molecule has 0 saturated heterocycles. The van der Waals surface area contributed by atoms with Gasteiger partial charge in [0.15, 0.2) is 10.8 Å². The Morgan fingerprint density at radius 2 is 2.11 bits per heavy atom. The lowest BCUT2D eigenvalue weighted by atomic mass is 10.4. The van der Waals surface area contributed by atoms with E-state index in [0.717, 1.165) is 20.5 Å². The molecule has 3 nitrogen and oxygen atoms in total. The lowest BCUT2D eigenvalue weighted by Crippen LogP contribution is -2.11. The van der Waals surface area contributed by atoms with E-state index < -0.39 is 17.8 Å². The molecule has 1 N–H and O–H groups in total. The van der Waals surface area contributed by atoms with Gasteiger partial charge in [-0.05, 0) is 28.1 Å². The Labute approximate surface area is 116 Å². The van der Waals surface area contributed by atoms with Crippen LogP contribution in [-0.4, -0.2) is 10.9 Å². The van der Waals surface area contributed by atoms with Crippen molar-refractivity contribution in [1.82, 2.24) is 4.98 Å². The molecule has 0 radical (unpaired) electrons. The van der Waals surface area contributed by atoms with Gasteiger partial charge in [-0.1, -0.05) is 0 Å². The molecular formula is C9H4BrF3N2OS2. The quantitative estimate of drug-likeness (QED) is 0.874. The van der Waals surface area contributed by atoms with E-state index in [2.05, 4.69) is 26.2 Å². The van der Waals surface area contributed by atoms with Crippen molar-refractivity contribution in [2.45, 2.75) is 6.18 Å². The SMILES string of the molecule is O=C(Nc1nc(C(F)(F)F)cs1)c1ccc(Br)s1. The van der Waals surface area contributed by atoms with Crippen LogP contribution in [-0.2, 0) is 6.18 Å². The molecule has 1 amide bonds. The maximum Gasteiger partial charge on any atom is 0.434 e. The first-order valence-electron chi connectivity index (χ1n) is 4.45. The molecule has 2 heterocycles. The average molecular weight is 357 g/mol. The molecule has 0 saturated carbocycles. The first-order chi connectivity index (χ1) is 8.36. The van der Waals surface area contributed by atoms with Crippen molar-refractivity contribution in [2.75, 3.05) is 5.32 Å². The van der Waals surface area contributed by atoms with Gasteiger partial charge in [0.05, 0.1) is 8.66 Å². The molecule has 18 heavy (non-hydrogen) atoms. The summed E-state index contributed by atoms with van der Waals surface area (Å²) < 4.78 is 37.6. The topological polar surface area (TPSA) is 42.0 Å². The monoisotopic (exact) mass is 356 g/mol. The Kier molecular flexibility index (Phi) is 3.74. The third kappa shape index (κ3) is 3.09. The van der Waals surface area contributed by atoms with Gasteiger partial charge in [-0.3, -0.25) is 10.1 Å². The summed E-state index contributed by atoms with van der Waals surface area (Å²) in [5, 5.41) is 3.11. The highest BCUT2D eigenvalue weighted by Crippen LogP contribution is 2.32. The summed E-state index contributed by atoms with van der Waals surface area (Å²) in [5.74, 6) is -0.478. The number of nitrogens with zero attached hydrogens (tertiary/aromatic N) is 1. The number of amides is 1. The van der Waals surface area contributed by atoms with Gasteiger partial charge in [0.1, 0.15) is 0 Å². The van der Waals surface area contributed by atoms with E-state index >= 15 is 0 Å². The van der Waals surface area contributed by atoms with Crippen molar-refractivity contribution < 1.29 is 18.0 Å². The van der Waals surface area contributed by atoms with Crippen molar-refractivity contribution in [1.29, 1.82) is 0 Å². The van der Waals surface area contributed by atoms with Crippen LogP contribution >= 0.6 is 38.6 Å². The summed E-state index contributed by atoms with van der Waals surface area (Å²) in [6, 6.07) is 3.25. The summed E-state index contributed by atoms with van der Waals surface area (Å²) in [5.41, 5.74) is -1.00. The van der Waals surface area contributed by atoms with E-state index in [1.54, 1.807) is 12.1 Å². The molecule has 0 aromatic carbocycles. The molecule has 0 unspecified atom stereocenters. The molecule has 9 heteroatoms. The van der Waals surface area contributed by atoms with Gasteiger partial charge in [-0.25, -0.2) is 4.98 Å². The summed E-state index contributed by atoms with van der Waals surface area (Å²) in [7, 11) is 0. The van der Waals surface area contributed by atoms with Gasteiger partial charge in [-0.15, -0.1) is 22.7 Å². The Morgan fingerprint density at radius 1 is 1.39 bits per heavy atom. The third-order valence-electron chi connectivity index (χ3n) is 1.81. The first-order valence-corrected chi connectivity index (χ1v) is 6.94. The van der Waals surface area contributed by atoms with E-state index in [1.165, 1.54) is 11.3 Å². The number of nitrogens with one attached hydrogen (secondary N) is 1. The van der Waals surface area contributed by atoms with Crippen LogP contribution in [0.3, 0.4) is 0 Å². The minimum atomic E-state index is -4.49. The molecule has 2 aromatic heterocycles. The molecule has 0 fully saturated rings. The van der Waals surface area contributed by atoms with E-state index in [9.17, 15) is 18.0 Å². The van der Waals surface area contributed by atoms with Crippen LogP contribution in [0.15, 0.2) is 21.3 Å². The van der Waals surface area contributed by atoms with Gasteiger partial charge in [-0.2, -0.15) is 13.2 Å². The van der Waals surface area contributed by atoms with Crippen molar-refractivity contribution in [3.8, 4) is 0 Å². The second kappa shape index (κ2) is 4.98. The molecule has 2 aromatic rings. The number of anilines is 1. The smallest absolute Gasteiger partial charge is 0.297 e. The zero-order valence-corrected chi connectivity index (χ0v) is 11.6. The van der Waals surface area contributed by atoms with E-state index in [-0.39, 0.29) is 5.13 Å². The number of thiazole rings is 1. The number of carbonyl (C=O) groups is 1. The van der Waals surface area contributed by atoms with E-state index in [0.29, 0.717) is 4.88 Å². The average Bonchev–Trinajstić information content (AvgIpc) is 2.85. The molecule has 0 atom stereocenters. The Morgan fingerprint density at radius 3 is 2.61 bits per heavy atom. The predicted molar refractivity (Wildman–Crippen MR) is 67.1 cm³/mol. The maximum atomic E-state index is 12.3. The van der Waals surface area contributed by atoms with Crippen LogP contribution in [0.2, 0.25) is 0 Å². The van der Waals surface area contributed by atoms with Crippen molar-refractivity contribution in [3.63, 3.8) is 0 Å². The molecular weight excluding hydrogens is 353 g/mol. The second-order valence-electron chi connectivity index (χ2n) is 3.09. The number of aromatic nitrogens is 1. The fraction of sp³-hybridized carbons (Fsp3) is 0.111. The fourth-order valence-electron chi connectivity index (χ4n) is 1.06. The van der Waals surface area contributed by atoms with Crippen LogP contribution in [0.4, 0.5) is 18.3 Å². The first kappa shape index (κ1) is 13.5. The molecule has 0 spiro atoms. The Balaban J connectivity index is 2.10. The largest absolute Gasteiger partial charge is 0.434 e. The van der Waals surface area contributed by atoms with Crippen molar-refractivity contribution >= 4 is 49.6 Å². The van der Waals surface area contributed by atoms with E-state index in [4.69, 9.17) is 0 Å². The number of alkyl halides is 3. The highest BCUT2D eigenvalue weighted by molar-refractivity contribution is 9.11. The molecule has 0 aliphatic rings. The molecule has 96 valence electrons. The van der Waals surface area contributed by atoms with Gasteiger partial charge in [0.25, 0.3) is 5.91 Å². The van der Waals surface area contributed by atoms with Gasteiger partial charge >= 0.3 is 6.18 Å². The van der Waals surface area contributed by atoms with Gasteiger partial charge < -0.3 is 0 Å². The van der Waals surface area contributed by atoms with E-state index in [1.807, 2.05) is 0 Å². The van der Waals surface area contributed by atoms with Crippen LogP contribution in [0.5, 0.6) is 0 Å². The lowest BCUT2D eigenvalue weighted by Gasteiger charge is -2.00. The highest BCUT2D eigenvalue weighted by atomic mass is 79.9. The summed E-state index contributed by atoms with van der Waals surface area (Å²) in [4.78, 5) is 15.4. The number of halogens is 4. The fourth-order valence-corrected chi connectivity index (χ4v) is 3.05. The van der Waals surface area contributed by atoms with Crippen molar-refractivity contribution in [2.24, 2.45) is 0 Å². The zero-order chi connectivity index (χ0) is 13.3. The number of hydrogen-bond donors (Lipinski definition) is 1.